The Morgan fingerprint density at radius 1 is 1.62 bits per heavy atom. The Kier molecular flexibility index (Phi) is 2.90. The number of carbonyl (C=O) groups excluding carboxylic acids is 1. The molecule has 4 nitrogen and oxygen atoms in total. The standard InChI is InChI=1S/C12H16N2O2/c1-8(15)5-9-3-4-11-10(6-9)7-12(16)14(2)13-11/h7,9H,3-6H2,1-2H3. The first-order chi connectivity index (χ1) is 7.56. The van der Waals surface area contributed by atoms with Gasteiger partial charge < -0.3 is 4.79 Å². The molecule has 1 unspecified atom stereocenters. The summed E-state index contributed by atoms with van der Waals surface area (Å²) < 4.78 is 1.38. The Morgan fingerprint density at radius 3 is 3.06 bits per heavy atom. The van der Waals surface area contributed by atoms with E-state index in [0.29, 0.717) is 12.3 Å². The second-order valence-corrected chi connectivity index (χ2v) is 4.59. The Balaban J connectivity index is 2.23. The fourth-order valence-corrected chi connectivity index (χ4v) is 2.34. The minimum atomic E-state index is -0.0674. The number of ketones is 1. The molecule has 0 saturated heterocycles. The number of aromatic nitrogens is 2. The molecule has 0 bridgehead atoms. The van der Waals surface area contributed by atoms with Crippen LogP contribution in [0, 0.1) is 5.92 Å². The van der Waals surface area contributed by atoms with Crippen molar-refractivity contribution in [2.75, 3.05) is 0 Å². The van der Waals surface area contributed by atoms with Crippen LogP contribution in [0.5, 0.6) is 0 Å². The average molecular weight is 220 g/mol. The summed E-state index contributed by atoms with van der Waals surface area (Å²) in [6.45, 7) is 1.62. The Labute approximate surface area is 94.3 Å². The SMILES string of the molecule is CC(=O)CC1CCc2nn(C)c(=O)cc2C1. The largest absolute Gasteiger partial charge is 0.300 e. The van der Waals surface area contributed by atoms with Gasteiger partial charge in [0.25, 0.3) is 5.56 Å². The van der Waals surface area contributed by atoms with E-state index in [4.69, 9.17) is 0 Å². The van der Waals surface area contributed by atoms with E-state index in [2.05, 4.69) is 5.10 Å². The van der Waals surface area contributed by atoms with Gasteiger partial charge in [-0.15, -0.1) is 0 Å². The van der Waals surface area contributed by atoms with Crippen LogP contribution in [0.1, 0.15) is 31.0 Å². The second kappa shape index (κ2) is 4.20. The number of fused-ring (bicyclic) bond motifs is 1. The normalized spacial score (nSPS) is 19.2. The summed E-state index contributed by atoms with van der Waals surface area (Å²) in [7, 11) is 1.67. The highest BCUT2D eigenvalue weighted by Crippen LogP contribution is 2.25. The molecule has 2 rings (SSSR count). The zero-order valence-electron chi connectivity index (χ0n) is 9.69. The van der Waals surface area contributed by atoms with Crippen molar-refractivity contribution in [2.45, 2.75) is 32.6 Å². The predicted molar refractivity (Wildman–Crippen MR) is 60.3 cm³/mol. The van der Waals surface area contributed by atoms with Gasteiger partial charge in [-0.25, -0.2) is 4.68 Å². The molecule has 1 aromatic rings. The summed E-state index contributed by atoms with van der Waals surface area (Å²) in [5.41, 5.74) is 1.98. The van der Waals surface area contributed by atoms with E-state index in [1.165, 1.54) is 4.68 Å². The van der Waals surface area contributed by atoms with Gasteiger partial charge in [0, 0.05) is 19.5 Å². The maximum absolute atomic E-state index is 11.5. The lowest BCUT2D eigenvalue weighted by Gasteiger charge is -2.22. The van der Waals surface area contributed by atoms with Gasteiger partial charge in [0.2, 0.25) is 0 Å². The molecule has 1 aromatic heterocycles. The first-order valence-corrected chi connectivity index (χ1v) is 5.62. The fraction of sp³-hybridized carbons (Fsp3) is 0.583. The molecular weight excluding hydrogens is 204 g/mol. The van der Waals surface area contributed by atoms with Crippen LogP contribution in [0.2, 0.25) is 0 Å². The maximum Gasteiger partial charge on any atom is 0.266 e. The Hall–Kier alpha value is -1.45. The van der Waals surface area contributed by atoms with Crippen LogP contribution in [0.4, 0.5) is 0 Å². The molecule has 1 aliphatic rings. The van der Waals surface area contributed by atoms with Crippen LogP contribution in [0.15, 0.2) is 10.9 Å². The Bertz CT molecular complexity index is 476. The zero-order chi connectivity index (χ0) is 11.7. The van der Waals surface area contributed by atoms with Gasteiger partial charge in [-0.3, -0.25) is 4.79 Å². The molecule has 16 heavy (non-hydrogen) atoms. The summed E-state index contributed by atoms with van der Waals surface area (Å²) >= 11 is 0. The monoisotopic (exact) mass is 220 g/mol. The third-order valence-corrected chi connectivity index (χ3v) is 3.13. The first-order valence-electron chi connectivity index (χ1n) is 5.62. The van der Waals surface area contributed by atoms with Gasteiger partial charge in [0.05, 0.1) is 5.69 Å². The molecule has 0 aliphatic heterocycles. The molecule has 0 fully saturated rings. The summed E-state index contributed by atoms with van der Waals surface area (Å²) in [5.74, 6) is 0.615. The molecule has 0 spiro atoms. The quantitative estimate of drug-likeness (QED) is 0.743. The molecule has 0 radical (unpaired) electrons. The molecule has 0 saturated carbocycles. The van der Waals surface area contributed by atoms with Gasteiger partial charge in [0.15, 0.2) is 0 Å². The highest BCUT2D eigenvalue weighted by Gasteiger charge is 2.21. The summed E-state index contributed by atoms with van der Waals surface area (Å²) in [6, 6.07) is 1.66. The lowest BCUT2D eigenvalue weighted by atomic mass is 9.84. The van der Waals surface area contributed by atoms with Crippen molar-refractivity contribution >= 4 is 5.78 Å². The molecular formula is C12H16N2O2. The molecule has 0 aromatic carbocycles. The molecule has 0 amide bonds. The number of hydrogen-bond donors (Lipinski definition) is 0. The minimum absolute atomic E-state index is 0.0674. The number of aryl methyl sites for hydroxylation is 2. The summed E-state index contributed by atoms with van der Waals surface area (Å²) in [6.07, 6.45) is 3.31. The van der Waals surface area contributed by atoms with Gasteiger partial charge in [-0.05, 0) is 37.7 Å². The molecule has 86 valence electrons. The number of hydrogen-bond acceptors (Lipinski definition) is 3. The lowest BCUT2D eigenvalue weighted by molar-refractivity contribution is -0.117. The maximum atomic E-state index is 11.5. The fourth-order valence-electron chi connectivity index (χ4n) is 2.34. The van der Waals surface area contributed by atoms with Crippen LogP contribution in [-0.4, -0.2) is 15.6 Å². The van der Waals surface area contributed by atoms with Crippen LogP contribution in [0.25, 0.3) is 0 Å². The van der Waals surface area contributed by atoms with E-state index in [0.717, 1.165) is 30.5 Å². The topological polar surface area (TPSA) is 52.0 Å². The van der Waals surface area contributed by atoms with E-state index in [9.17, 15) is 9.59 Å². The van der Waals surface area contributed by atoms with Crippen molar-refractivity contribution in [1.29, 1.82) is 0 Å². The smallest absolute Gasteiger partial charge is 0.266 e. The highest BCUT2D eigenvalue weighted by molar-refractivity contribution is 5.75. The van der Waals surface area contributed by atoms with Gasteiger partial charge >= 0.3 is 0 Å². The van der Waals surface area contributed by atoms with Crippen molar-refractivity contribution in [2.24, 2.45) is 13.0 Å². The van der Waals surface area contributed by atoms with Crippen LogP contribution in [0.3, 0.4) is 0 Å². The van der Waals surface area contributed by atoms with E-state index in [1.807, 2.05) is 0 Å². The summed E-state index contributed by atoms with van der Waals surface area (Å²) in [4.78, 5) is 22.5. The molecule has 4 heteroatoms. The molecule has 1 aliphatic carbocycles. The van der Waals surface area contributed by atoms with Gasteiger partial charge in [-0.1, -0.05) is 0 Å². The van der Waals surface area contributed by atoms with Crippen LogP contribution < -0.4 is 5.56 Å². The number of rotatable bonds is 2. The van der Waals surface area contributed by atoms with Crippen LogP contribution >= 0.6 is 0 Å². The predicted octanol–water partition coefficient (Wildman–Crippen LogP) is 0.864. The van der Waals surface area contributed by atoms with E-state index in [1.54, 1.807) is 20.0 Å². The second-order valence-electron chi connectivity index (χ2n) is 4.59. The van der Waals surface area contributed by atoms with E-state index in [-0.39, 0.29) is 11.3 Å². The van der Waals surface area contributed by atoms with Gasteiger partial charge in [-0.2, -0.15) is 5.10 Å². The molecule has 0 N–H and O–H groups in total. The third kappa shape index (κ3) is 2.21. The van der Waals surface area contributed by atoms with Gasteiger partial charge in [0.1, 0.15) is 5.78 Å². The minimum Gasteiger partial charge on any atom is -0.300 e. The van der Waals surface area contributed by atoms with Crippen molar-refractivity contribution < 1.29 is 4.79 Å². The summed E-state index contributed by atoms with van der Waals surface area (Å²) in [5, 5.41) is 4.25. The number of nitrogens with zero attached hydrogens (tertiary/aromatic N) is 2. The van der Waals surface area contributed by atoms with Crippen molar-refractivity contribution in [3.8, 4) is 0 Å². The average Bonchev–Trinajstić information content (AvgIpc) is 2.19. The lowest BCUT2D eigenvalue weighted by Crippen LogP contribution is -2.26. The highest BCUT2D eigenvalue weighted by atomic mass is 16.1. The zero-order valence-corrected chi connectivity index (χ0v) is 9.69. The van der Waals surface area contributed by atoms with E-state index < -0.39 is 0 Å². The Morgan fingerprint density at radius 2 is 2.38 bits per heavy atom. The van der Waals surface area contributed by atoms with Crippen molar-refractivity contribution in [3.05, 3.63) is 27.7 Å². The molecule has 1 atom stereocenters. The van der Waals surface area contributed by atoms with E-state index >= 15 is 0 Å². The van der Waals surface area contributed by atoms with Crippen LogP contribution in [-0.2, 0) is 24.7 Å². The third-order valence-electron chi connectivity index (χ3n) is 3.13. The van der Waals surface area contributed by atoms with Crippen molar-refractivity contribution in [1.82, 2.24) is 9.78 Å². The first kappa shape index (κ1) is 11.0. The number of carbonyl (C=O) groups is 1. The van der Waals surface area contributed by atoms with Crippen molar-refractivity contribution in [3.63, 3.8) is 0 Å². The molecule has 1 heterocycles. The number of Topliss-reactive ketones (excluding diaryl/α,β-unsaturated/α-hetero) is 1.